The standard InChI is InChI=1S/C23H22O7/c1-3-4-5-6-7-8-15(25)11-19(26)20-18-10-14-9-16(12-24)29-13-17(14)21(27)23(18,2)30-22(20)28/h3-8,10,13,16,24H,9,11-12H2,1-2H3. The molecule has 156 valence electrons. The number of Topliss-reactive ketones (excluding diaryl/α,β-unsaturated/α-hetero) is 2. The monoisotopic (exact) mass is 410 g/mol. The van der Waals surface area contributed by atoms with Crippen LogP contribution >= 0.6 is 0 Å². The fraction of sp³-hybridized carbons (Fsp3) is 0.304. The van der Waals surface area contributed by atoms with Crippen molar-refractivity contribution in [2.45, 2.75) is 38.4 Å². The van der Waals surface area contributed by atoms with Gasteiger partial charge in [-0.3, -0.25) is 14.4 Å². The summed E-state index contributed by atoms with van der Waals surface area (Å²) in [6.45, 7) is 3.04. The molecule has 2 unspecified atom stereocenters. The van der Waals surface area contributed by atoms with Crippen LogP contribution in [0.5, 0.6) is 0 Å². The van der Waals surface area contributed by atoms with Crippen LogP contribution in [0.4, 0.5) is 0 Å². The largest absolute Gasteiger partial charge is 0.495 e. The zero-order chi connectivity index (χ0) is 21.9. The predicted octanol–water partition coefficient (Wildman–Crippen LogP) is 1.99. The first kappa shape index (κ1) is 21.4. The van der Waals surface area contributed by atoms with Crippen LogP contribution < -0.4 is 0 Å². The second-order valence-corrected chi connectivity index (χ2v) is 7.22. The van der Waals surface area contributed by atoms with Gasteiger partial charge in [0.25, 0.3) is 0 Å². The number of ether oxygens (including phenoxy) is 2. The van der Waals surface area contributed by atoms with Gasteiger partial charge in [0.2, 0.25) is 5.78 Å². The van der Waals surface area contributed by atoms with Gasteiger partial charge in [-0.2, -0.15) is 0 Å². The highest BCUT2D eigenvalue weighted by Gasteiger charge is 2.54. The van der Waals surface area contributed by atoms with Gasteiger partial charge < -0.3 is 14.6 Å². The number of esters is 1. The molecule has 3 aliphatic rings. The molecule has 0 amide bonds. The Hall–Kier alpha value is -3.32. The molecule has 2 atom stereocenters. The first-order valence-electron chi connectivity index (χ1n) is 9.54. The number of allylic oxidation sites excluding steroid dienone is 6. The normalized spacial score (nSPS) is 25.9. The summed E-state index contributed by atoms with van der Waals surface area (Å²) >= 11 is 0. The Morgan fingerprint density at radius 3 is 2.67 bits per heavy atom. The lowest BCUT2D eigenvalue weighted by molar-refractivity contribution is -0.153. The summed E-state index contributed by atoms with van der Waals surface area (Å²) in [5.41, 5.74) is -0.962. The van der Waals surface area contributed by atoms with Gasteiger partial charge in [-0.15, -0.1) is 0 Å². The highest BCUT2D eigenvalue weighted by Crippen LogP contribution is 2.44. The third-order valence-electron chi connectivity index (χ3n) is 5.08. The second kappa shape index (κ2) is 8.59. The van der Waals surface area contributed by atoms with E-state index in [2.05, 4.69) is 0 Å². The van der Waals surface area contributed by atoms with Crippen molar-refractivity contribution in [3.8, 4) is 0 Å². The number of aliphatic hydroxyl groups is 1. The molecule has 2 heterocycles. The van der Waals surface area contributed by atoms with Crippen molar-refractivity contribution in [1.82, 2.24) is 0 Å². The molecule has 7 nitrogen and oxygen atoms in total. The van der Waals surface area contributed by atoms with Gasteiger partial charge >= 0.3 is 5.97 Å². The molecule has 0 spiro atoms. The molecule has 0 saturated carbocycles. The zero-order valence-electron chi connectivity index (χ0n) is 16.7. The molecule has 0 saturated heterocycles. The van der Waals surface area contributed by atoms with E-state index in [0.717, 1.165) is 0 Å². The van der Waals surface area contributed by atoms with Crippen molar-refractivity contribution in [1.29, 1.82) is 0 Å². The third-order valence-corrected chi connectivity index (χ3v) is 5.08. The Balaban J connectivity index is 1.90. The Bertz CT molecular complexity index is 987. The van der Waals surface area contributed by atoms with Crippen molar-refractivity contribution in [3.63, 3.8) is 0 Å². The summed E-state index contributed by atoms with van der Waals surface area (Å²) in [7, 11) is 0. The minimum Gasteiger partial charge on any atom is -0.495 e. The molecule has 1 aliphatic carbocycles. The zero-order valence-corrected chi connectivity index (χ0v) is 16.7. The van der Waals surface area contributed by atoms with Crippen molar-refractivity contribution in [2.75, 3.05) is 6.61 Å². The maximum atomic E-state index is 13.0. The van der Waals surface area contributed by atoms with Gasteiger partial charge in [0.1, 0.15) is 11.7 Å². The minimum atomic E-state index is -1.64. The average Bonchev–Trinajstić information content (AvgIpc) is 2.98. The van der Waals surface area contributed by atoms with Crippen LogP contribution in [0.15, 0.2) is 71.1 Å². The molecule has 7 heteroatoms. The first-order chi connectivity index (χ1) is 14.3. The molecule has 0 radical (unpaired) electrons. The number of hydrogen-bond acceptors (Lipinski definition) is 7. The molecule has 0 aromatic rings. The molecular weight excluding hydrogens is 388 g/mol. The van der Waals surface area contributed by atoms with E-state index in [-0.39, 0.29) is 29.7 Å². The number of carbonyl (C=O) groups excluding carboxylic acids is 4. The summed E-state index contributed by atoms with van der Waals surface area (Å²) in [5, 5.41) is 9.32. The fourth-order valence-electron chi connectivity index (χ4n) is 3.51. The Morgan fingerprint density at radius 1 is 1.23 bits per heavy atom. The maximum Gasteiger partial charge on any atom is 0.343 e. The Morgan fingerprint density at radius 2 is 1.97 bits per heavy atom. The molecule has 0 aromatic carbocycles. The van der Waals surface area contributed by atoms with Gasteiger partial charge in [0.05, 0.1) is 24.9 Å². The van der Waals surface area contributed by atoms with Crippen LogP contribution in [-0.2, 0) is 28.7 Å². The van der Waals surface area contributed by atoms with E-state index in [1.807, 2.05) is 13.0 Å². The van der Waals surface area contributed by atoms with Crippen LogP contribution in [0.2, 0.25) is 0 Å². The van der Waals surface area contributed by atoms with Gasteiger partial charge in [0, 0.05) is 12.0 Å². The van der Waals surface area contributed by atoms with E-state index >= 15 is 0 Å². The smallest absolute Gasteiger partial charge is 0.343 e. The van der Waals surface area contributed by atoms with E-state index < -0.39 is 41.4 Å². The number of ketones is 3. The predicted molar refractivity (Wildman–Crippen MR) is 107 cm³/mol. The average molecular weight is 410 g/mol. The van der Waals surface area contributed by atoms with Crippen LogP contribution in [0.25, 0.3) is 0 Å². The SMILES string of the molecule is CC=CC=CC=CC(=O)CC(=O)C1=C2C=C3CC(CO)OC=C3C(=O)C2(C)OC1=O. The highest BCUT2D eigenvalue weighted by molar-refractivity contribution is 6.27. The number of hydrogen-bond donors (Lipinski definition) is 1. The molecule has 3 rings (SSSR count). The Kier molecular flexibility index (Phi) is 6.12. The number of fused-ring (bicyclic) bond motifs is 2. The molecule has 2 aliphatic heterocycles. The maximum absolute atomic E-state index is 13.0. The molecule has 0 fully saturated rings. The van der Waals surface area contributed by atoms with Crippen molar-refractivity contribution < 1.29 is 33.8 Å². The van der Waals surface area contributed by atoms with Crippen molar-refractivity contribution in [2.24, 2.45) is 0 Å². The van der Waals surface area contributed by atoms with Crippen LogP contribution in [-0.4, -0.2) is 46.7 Å². The van der Waals surface area contributed by atoms with E-state index in [1.54, 1.807) is 24.3 Å². The summed E-state index contributed by atoms with van der Waals surface area (Å²) in [6.07, 6.45) is 11.8. The van der Waals surface area contributed by atoms with E-state index in [9.17, 15) is 24.3 Å². The van der Waals surface area contributed by atoms with Crippen LogP contribution in [0.3, 0.4) is 0 Å². The molecule has 1 N–H and O–H groups in total. The lowest BCUT2D eigenvalue weighted by atomic mass is 9.75. The summed E-state index contributed by atoms with van der Waals surface area (Å²) in [4.78, 5) is 50.2. The van der Waals surface area contributed by atoms with Gasteiger partial charge in [0.15, 0.2) is 17.2 Å². The summed E-state index contributed by atoms with van der Waals surface area (Å²) < 4.78 is 10.6. The van der Waals surface area contributed by atoms with Gasteiger partial charge in [-0.05, 0) is 31.6 Å². The number of rotatable bonds is 7. The van der Waals surface area contributed by atoms with Gasteiger partial charge in [-0.25, -0.2) is 4.79 Å². The minimum absolute atomic E-state index is 0.151. The first-order valence-corrected chi connectivity index (χ1v) is 9.54. The molecule has 0 aromatic heterocycles. The summed E-state index contributed by atoms with van der Waals surface area (Å²) in [5.74, 6) is -2.59. The highest BCUT2D eigenvalue weighted by atomic mass is 16.6. The second-order valence-electron chi connectivity index (χ2n) is 7.22. The molecule has 30 heavy (non-hydrogen) atoms. The quantitative estimate of drug-likeness (QED) is 0.225. The number of carbonyl (C=O) groups is 4. The lowest BCUT2D eigenvalue weighted by Gasteiger charge is -2.33. The van der Waals surface area contributed by atoms with Crippen molar-refractivity contribution in [3.05, 3.63) is 71.1 Å². The van der Waals surface area contributed by atoms with Crippen LogP contribution in [0.1, 0.15) is 26.7 Å². The van der Waals surface area contributed by atoms with E-state index in [0.29, 0.717) is 5.57 Å². The van der Waals surface area contributed by atoms with E-state index in [1.165, 1.54) is 25.3 Å². The topological polar surface area (TPSA) is 107 Å². The third kappa shape index (κ3) is 3.89. The van der Waals surface area contributed by atoms with E-state index in [4.69, 9.17) is 9.47 Å². The van der Waals surface area contributed by atoms with Crippen LogP contribution in [0, 0.1) is 0 Å². The molecular formula is C23H22O7. The molecule has 0 bridgehead atoms. The summed E-state index contributed by atoms with van der Waals surface area (Å²) in [6, 6.07) is 0. The lowest BCUT2D eigenvalue weighted by Crippen LogP contribution is -2.43. The fourth-order valence-corrected chi connectivity index (χ4v) is 3.51. The van der Waals surface area contributed by atoms with Crippen molar-refractivity contribution >= 4 is 23.3 Å². The number of aliphatic hydroxyl groups excluding tert-OH is 1. The Labute approximate surface area is 173 Å². The van der Waals surface area contributed by atoms with Gasteiger partial charge in [-0.1, -0.05) is 30.4 Å².